The van der Waals surface area contributed by atoms with Crippen LogP contribution in [-0.4, -0.2) is 78.2 Å². The van der Waals surface area contributed by atoms with Gasteiger partial charge in [-0.15, -0.1) is 0 Å². The van der Waals surface area contributed by atoms with Crippen molar-refractivity contribution < 1.29 is 34.0 Å². The topological polar surface area (TPSA) is 130 Å². The first-order valence-electron chi connectivity index (χ1n) is 20.6. The van der Waals surface area contributed by atoms with Crippen LogP contribution in [0.3, 0.4) is 0 Å². The van der Waals surface area contributed by atoms with Crippen LogP contribution in [0.1, 0.15) is 142 Å². The van der Waals surface area contributed by atoms with E-state index in [0.717, 1.165) is 35.1 Å². The molecule has 0 radical (unpaired) electrons. The number of carbonyl (C=O) groups excluding carboxylic acids is 2. The monoisotopic (exact) mass is 797 g/mol. The lowest BCUT2D eigenvalue weighted by Gasteiger charge is -2.27. The largest absolute Gasteiger partial charge is 0.513 e. The molecule has 1 amide bonds. The first kappa shape index (κ1) is 45.8. The molecule has 10 heteroatoms. The van der Waals surface area contributed by atoms with Crippen molar-refractivity contribution in [2.75, 3.05) is 26.3 Å². The first-order valence-corrected chi connectivity index (χ1v) is 20.6. The molecule has 2 N–H and O–H groups in total. The van der Waals surface area contributed by atoms with Crippen LogP contribution in [0.4, 0.5) is 9.59 Å². The van der Waals surface area contributed by atoms with Crippen LogP contribution in [0.2, 0.25) is 0 Å². The number of amides is 1. The van der Waals surface area contributed by atoms with Gasteiger partial charge in [-0.25, -0.2) is 9.59 Å². The molecule has 0 aromatic heterocycles. The molecule has 0 saturated carbocycles. The van der Waals surface area contributed by atoms with E-state index in [4.69, 9.17) is 24.2 Å². The lowest BCUT2D eigenvalue weighted by atomic mass is 9.79. The van der Waals surface area contributed by atoms with Crippen LogP contribution in [0.25, 0.3) is 0 Å². The minimum Gasteiger partial charge on any atom is -0.507 e. The Morgan fingerprint density at radius 2 is 1.07 bits per heavy atom. The summed E-state index contributed by atoms with van der Waals surface area (Å²) in [6, 6.07) is 16.0. The van der Waals surface area contributed by atoms with Gasteiger partial charge in [0, 0.05) is 47.8 Å². The summed E-state index contributed by atoms with van der Waals surface area (Å²) in [6.07, 6.45) is 5.18. The summed E-state index contributed by atoms with van der Waals surface area (Å²) in [4.78, 5) is 36.9. The fraction of sp³-hybridized carbons (Fsp3) is 0.542. The third-order valence-electron chi connectivity index (χ3n) is 10.4. The van der Waals surface area contributed by atoms with E-state index in [1.165, 1.54) is 0 Å². The summed E-state index contributed by atoms with van der Waals surface area (Å²) in [5.41, 5.74) is 4.19. The summed E-state index contributed by atoms with van der Waals surface area (Å²) in [7, 11) is 0. The molecule has 58 heavy (non-hydrogen) atoms. The minimum absolute atomic E-state index is 0.156. The van der Waals surface area contributed by atoms with Crippen molar-refractivity contribution in [1.82, 2.24) is 4.90 Å². The van der Waals surface area contributed by atoms with Gasteiger partial charge in [-0.05, 0) is 82.7 Å². The van der Waals surface area contributed by atoms with E-state index in [1.807, 2.05) is 18.2 Å². The quantitative estimate of drug-likeness (QED) is 0.0807. The smallest absolute Gasteiger partial charge is 0.507 e. The van der Waals surface area contributed by atoms with Gasteiger partial charge in [-0.2, -0.15) is 0 Å². The molecular formula is C48H67N3O7. The summed E-state index contributed by atoms with van der Waals surface area (Å²) in [6.45, 7) is 26.4. The molecule has 316 valence electrons. The van der Waals surface area contributed by atoms with Crippen molar-refractivity contribution in [1.29, 1.82) is 0 Å². The number of benzene rings is 3. The second-order valence-corrected chi connectivity index (χ2v) is 19.6. The van der Waals surface area contributed by atoms with Gasteiger partial charge in [-0.1, -0.05) is 113 Å². The Bertz CT molecular complexity index is 1830. The van der Waals surface area contributed by atoms with E-state index < -0.39 is 24.3 Å². The second kappa shape index (κ2) is 18.8. The number of hydrogen-bond acceptors (Lipinski definition) is 9. The first-order chi connectivity index (χ1) is 26.9. The predicted molar refractivity (Wildman–Crippen MR) is 234 cm³/mol. The van der Waals surface area contributed by atoms with Gasteiger partial charge in [0.05, 0.1) is 25.3 Å². The van der Waals surface area contributed by atoms with Crippen LogP contribution in [0.15, 0.2) is 64.6 Å². The van der Waals surface area contributed by atoms with Gasteiger partial charge in [-0.3, -0.25) is 9.98 Å². The summed E-state index contributed by atoms with van der Waals surface area (Å²) < 4.78 is 16.0. The maximum absolute atomic E-state index is 13.4. The van der Waals surface area contributed by atoms with E-state index in [1.54, 1.807) is 41.6 Å². The molecule has 0 unspecified atom stereocenters. The van der Waals surface area contributed by atoms with Crippen molar-refractivity contribution in [3.05, 3.63) is 88.0 Å². The van der Waals surface area contributed by atoms with E-state index in [-0.39, 0.29) is 59.5 Å². The Morgan fingerprint density at radius 3 is 1.48 bits per heavy atom. The highest BCUT2D eigenvalue weighted by atomic mass is 16.7. The zero-order chi connectivity index (χ0) is 43.1. The molecule has 0 bridgehead atoms. The Labute approximate surface area is 346 Å². The molecule has 1 aliphatic heterocycles. The number of likely N-dealkylation sites (tertiary alicyclic amines) is 1. The van der Waals surface area contributed by atoms with Crippen molar-refractivity contribution in [2.24, 2.45) is 9.98 Å². The third-order valence-corrected chi connectivity index (χ3v) is 10.4. The zero-order valence-corrected chi connectivity index (χ0v) is 36.9. The maximum Gasteiger partial charge on any atom is 0.513 e. The molecule has 1 fully saturated rings. The number of unbranched alkanes of at least 4 members (excludes halogenated alkanes) is 3. The maximum atomic E-state index is 13.4. The highest BCUT2D eigenvalue weighted by Gasteiger charge is 2.36. The minimum atomic E-state index is -0.731. The number of carbonyl (C=O) groups is 2. The number of phenols is 2. The SMILES string of the molecule is CC(C)(C)c1cc(C=N[C@@H]2CN(C(=O)OCCCCCCOC(=O)Oc3ccccc3)C[C@H]2N=Cc2cc(C(C)(C)C)cc(C(C)(C)C)c2O)c(O)c(C(C)(C)C)c1. The van der Waals surface area contributed by atoms with Gasteiger partial charge >= 0.3 is 12.2 Å². The molecule has 2 atom stereocenters. The standard InChI is InChI=1S/C48H67N3O7/c1-45(2,3)34-24-32(41(52)37(26-34)47(7,8)9)28-49-39-30-51(43(54)56-22-18-13-14-19-23-57-44(55)58-36-20-16-15-17-21-36)31-40(39)50-29-33-25-35(46(4,5)6)27-38(42(33)53)48(10,11)12/h15-17,20-21,24-29,39-40,52-53H,13-14,18-19,22-23,30-31H2,1-12H3/t39-,40-/m1/s1. The van der Waals surface area contributed by atoms with Gasteiger partial charge < -0.3 is 29.3 Å². The van der Waals surface area contributed by atoms with Gasteiger partial charge in [0.2, 0.25) is 0 Å². The molecule has 0 aliphatic carbocycles. The van der Waals surface area contributed by atoms with E-state index in [0.29, 0.717) is 29.7 Å². The number of aliphatic imine (C=N–C) groups is 2. The number of para-hydroxylation sites is 1. The van der Waals surface area contributed by atoms with Crippen molar-refractivity contribution >= 4 is 24.7 Å². The third kappa shape index (κ3) is 12.8. The normalized spacial score (nSPS) is 16.7. The summed E-state index contributed by atoms with van der Waals surface area (Å²) in [5.74, 6) is 0.815. The number of aromatic hydroxyl groups is 2. The van der Waals surface area contributed by atoms with Crippen molar-refractivity contribution in [3.8, 4) is 17.2 Å². The van der Waals surface area contributed by atoms with Crippen LogP contribution in [0, 0.1) is 0 Å². The molecule has 0 spiro atoms. The van der Waals surface area contributed by atoms with Gasteiger partial charge in [0.1, 0.15) is 17.2 Å². The zero-order valence-electron chi connectivity index (χ0n) is 36.9. The molecule has 4 rings (SSSR count). The second-order valence-electron chi connectivity index (χ2n) is 19.6. The molecular weight excluding hydrogens is 731 g/mol. The van der Waals surface area contributed by atoms with E-state index in [2.05, 4.69) is 95.2 Å². The Balaban J connectivity index is 1.49. The number of phenolic OH excluding ortho intramolecular Hbond substituents is 2. The Kier molecular flexibility index (Phi) is 14.9. The van der Waals surface area contributed by atoms with Crippen LogP contribution in [-0.2, 0) is 31.1 Å². The molecule has 1 aliphatic rings. The lowest BCUT2D eigenvalue weighted by molar-refractivity contribution is 0.0957. The highest BCUT2D eigenvalue weighted by Crippen LogP contribution is 2.39. The Hall–Kier alpha value is -4.86. The predicted octanol–water partition coefficient (Wildman–Crippen LogP) is 10.8. The number of ether oxygens (including phenoxy) is 3. The van der Waals surface area contributed by atoms with E-state index in [9.17, 15) is 19.8 Å². The fourth-order valence-electron chi connectivity index (χ4n) is 6.66. The molecule has 1 saturated heterocycles. The Morgan fingerprint density at radius 1 is 0.638 bits per heavy atom. The average molecular weight is 798 g/mol. The highest BCUT2D eigenvalue weighted by molar-refractivity contribution is 5.86. The van der Waals surface area contributed by atoms with Crippen LogP contribution < -0.4 is 4.74 Å². The number of rotatable bonds is 12. The fourth-order valence-corrected chi connectivity index (χ4v) is 6.66. The molecule has 3 aromatic carbocycles. The van der Waals surface area contributed by atoms with Gasteiger partial charge in [0.25, 0.3) is 0 Å². The average Bonchev–Trinajstić information content (AvgIpc) is 3.53. The number of nitrogens with zero attached hydrogens (tertiary/aromatic N) is 3. The number of hydrogen-bond donors (Lipinski definition) is 2. The van der Waals surface area contributed by atoms with Gasteiger partial charge in [0.15, 0.2) is 0 Å². The summed E-state index contributed by atoms with van der Waals surface area (Å²) >= 11 is 0. The van der Waals surface area contributed by atoms with Crippen LogP contribution >= 0.6 is 0 Å². The molecule has 10 nitrogen and oxygen atoms in total. The van der Waals surface area contributed by atoms with E-state index >= 15 is 0 Å². The van der Waals surface area contributed by atoms with Crippen molar-refractivity contribution in [3.63, 3.8) is 0 Å². The molecule has 3 aromatic rings. The van der Waals surface area contributed by atoms with Crippen molar-refractivity contribution in [2.45, 2.75) is 143 Å². The molecule has 1 heterocycles. The lowest BCUT2D eigenvalue weighted by Crippen LogP contribution is -2.30. The summed E-state index contributed by atoms with van der Waals surface area (Å²) in [5, 5.41) is 22.9. The van der Waals surface area contributed by atoms with Crippen LogP contribution in [0.5, 0.6) is 17.2 Å².